The van der Waals surface area contributed by atoms with Crippen molar-refractivity contribution in [2.45, 2.75) is 81.6 Å². The van der Waals surface area contributed by atoms with Gasteiger partial charge in [0.1, 0.15) is 11.4 Å². The molecule has 11 heteroatoms. The van der Waals surface area contributed by atoms with Gasteiger partial charge in [-0.25, -0.2) is 4.79 Å². The third-order valence-electron chi connectivity index (χ3n) is 8.52. The number of carbonyl (C=O) groups excluding carboxylic acids is 1. The zero-order valence-electron chi connectivity index (χ0n) is 23.8. The van der Waals surface area contributed by atoms with Crippen molar-refractivity contribution < 1.29 is 22.7 Å². The van der Waals surface area contributed by atoms with Crippen molar-refractivity contribution in [2.24, 2.45) is 12.5 Å². The van der Waals surface area contributed by atoms with Crippen molar-refractivity contribution in [3.63, 3.8) is 0 Å². The van der Waals surface area contributed by atoms with Crippen molar-refractivity contribution in [1.29, 1.82) is 0 Å². The highest BCUT2D eigenvalue weighted by molar-refractivity contribution is 7.99. The average Bonchev–Trinajstić information content (AvgIpc) is 3.23. The predicted octanol–water partition coefficient (Wildman–Crippen LogP) is 6.31. The summed E-state index contributed by atoms with van der Waals surface area (Å²) in [4.78, 5) is 16.6. The number of thioether (sulfide) groups is 1. The lowest BCUT2D eigenvalue weighted by molar-refractivity contribution is -0.137. The second kappa shape index (κ2) is 11.2. The Kier molecular flexibility index (Phi) is 8.18. The van der Waals surface area contributed by atoms with Crippen LogP contribution in [0.5, 0.6) is 0 Å². The van der Waals surface area contributed by atoms with Gasteiger partial charge < -0.3 is 19.1 Å². The summed E-state index contributed by atoms with van der Waals surface area (Å²) in [5, 5.41) is 9.86. The van der Waals surface area contributed by atoms with Gasteiger partial charge in [0, 0.05) is 38.4 Å². The highest BCUT2D eigenvalue weighted by Crippen LogP contribution is 2.64. The summed E-state index contributed by atoms with van der Waals surface area (Å²) >= 11 is 1.73. The standard InChI is InChI=1S/C29H40F3N5O2S/c1-27(2,3)39-26(38)37-14-10-21(11-15-37)24-33-34-25(35(24)4)40-17-5-13-36-16-12-28(19-36)18-23(28)20-6-8-22(9-7-20)29(30,31)32/h6-9,21,23H,5,10-19H2,1-4H3/t23-,28+/m1/s1. The van der Waals surface area contributed by atoms with Gasteiger partial charge in [0.2, 0.25) is 0 Å². The fourth-order valence-electron chi connectivity index (χ4n) is 6.26. The Morgan fingerprint density at radius 3 is 2.45 bits per heavy atom. The Labute approximate surface area is 238 Å². The zero-order valence-corrected chi connectivity index (χ0v) is 24.7. The third kappa shape index (κ3) is 6.61. The fourth-order valence-corrected chi connectivity index (χ4v) is 7.10. The zero-order chi connectivity index (χ0) is 28.7. The van der Waals surface area contributed by atoms with E-state index in [2.05, 4.69) is 19.7 Å². The normalized spacial score (nSPS) is 24.2. The quantitative estimate of drug-likeness (QED) is 0.283. The highest BCUT2D eigenvalue weighted by atomic mass is 32.2. The van der Waals surface area contributed by atoms with E-state index in [1.807, 2.05) is 27.8 Å². The number of aromatic nitrogens is 3. The molecule has 3 aliphatic rings. The minimum Gasteiger partial charge on any atom is -0.444 e. The Morgan fingerprint density at radius 2 is 1.80 bits per heavy atom. The van der Waals surface area contributed by atoms with Crippen LogP contribution in [0.2, 0.25) is 0 Å². The van der Waals surface area contributed by atoms with Gasteiger partial charge in [-0.05, 0) is 95.0 Å². The van der Waals surface area contributed by atoms with E-state index in [0.29, 0.717) is 19.0 Å². The van der Waals surface area contributed by atoms with E-state index < -0.39 is 17.3 Å². The number of likely N-dealkylation sites (tertiary alicyclic amines) is 2. The molecular formula is C29H40F3N5O2S. The van der Waals surface area contributed by atoms with Crippen LogP contribution in [0.4, 0.5) is 18.0 Å². The van der Waals surface area contributed by atoms with Crippen molar-refractivity contribution >= 4 is 17.9 Å². The first-order valence-corrected chi connectivity index (χ1v) is 15.2. The molecule has 3 heterocycles. The van der Waals surface area contributed by atoms with Crippen molar-refractivity contribution in [2.75, 3.05) is 38.5 Å². The molecule has 1 saturated carbocycles. The molecule has 40 heavy (non-hydrogen) atoms. The molecule has 0 N–H and O–H groups in total. The van der Waals surface area contributed by atoms with E-state index >= 15 is 0 Å². The van der Waals surface area contributed by atoms with Crippen LogP contribution in [0.3, 0.4) is 0 Å². The molecule has 1 spiro atoms. The Bertz CT molecular complexity index is 1190. The number of hydrogen-bond donors (Lipinski definition) is 0. The van der Waals surface area contributed by atoms with Gasteiger partial charge in [-0.1, -0.05) is 23.9 Å². The van der Waals surface area contributed by atoms with Crippen LogP contribution in [0.1, 0.15) is 81.7 Å². The van der Waals surface area contributed by atoms with Gasteiger partial charge in [-0.2, -0.15) is 13.2 Å². The molecule has 2 saturated heterocycles. The summed E-state index contributed by atoms with van der Waals surface area (Å²) in [6, 6.07) is 5.77. The number of alkyl halides is 3. The second-order valence-electron chi connectivity index (χ2n) is 12.6. The first-order chi connectivity index (χ1) is 18.8. The van der Waals surface area contributed by atoms with E-state index in [4.69, 9.17) is 4.74 Å². The molecule has 0 radical (unpaired) electrons. The molecule has 2 atom stereocenters. The maximum atomic E-state index is 12.9. The summed E-state index contributed by atoms with van der Waals surface area (Å²) in [6.45, 7) is 10.1. The molecule has 1 aromatic carbocycles. The first kappa shape index (κ1) is 29.2. The summed E-state index contributed by atoms with van der Waals surface area (Å²) < 4.78 is 46.3. The van der Waals surface area contributed by atoms with Crippen LogP contribution >= 0.6 is 11.8 Å². The molecule has 1 aliphatic carbocycles. The third-order valence-corrected chi connectivity index (χ3v) is 9.63. The van der Waals surface area contributed by atoms with Crippen LogP contribution in [0.25, 0.3) is 0 Å². The lowest BCUT2D eigenvalue weighted by Gasteiger charge is -2.33. The number of rotatable bonds is 7. The minimum atomic E-state index is -4.28. The lowest BCUT2D eigenvalue weighted by Crippen LogP contribution is -2.41. The van der Waals surface area contributed by atoms with Crippen LogP contribution in [0.15, 0.2) is 29.4 Å². The smallest absolute Gasteiger partial charge is 0.416 e. The van der Waals surface area contributed by atoms with Gasteiger partial charge in [0.15, 0.2) is 5.16 Å². The number of amides is 1. The van der Waals surface area contributed by atoms with E-state index in [1.54, 1.807) is 28.8 Å². The van der Waals surface area contributed by atoms with Gasteiger partial charge in [-0.15, -0.1) is 10.2 Å². The number of ether oxygens (including phenoxy) is 1. The lowest BCUT2D eigenvalue weighted by atomic mass is 9.96. The Morgan fingerprint density at radius 1 is 1.10 bits per heavy atom. The number of piperidine rings is 1. The molecule has 7 nitrogen and oxygen atoms in total. The van der Waals surface area contributed by atoms with Crippen LogP contribution < -0.4 is 0 Å². The second-order valence-corrected chi connectivity index (χ2v) is 13.7. The monoisotopic (exact) mass is 579 g/mol. The molecule has 220 valence electrons. The van der Waals surface area contributed by atoms with Crippen LogP contribution in [0, 0.1) is 5.41 Å². The molecule has 1 amide bonds. The van der Waals surface area contributed by atoms with Crippen molar-refractivity contribution in [3.8, 4) is 0 Å². The molecular weight excluding hydrogens is 539 g/mol. The van der Waals surface area contributed by atoms with E-state index in [9.17, 15) is 18.0 Å². The summed E-state index contributed by atoms with van der Waals surface area (Å²) in [6.07, 6.45) is 0.395. The summed E-state index contributed by atoms with van der Waals surface area (Å²) in [7, 11) is 2.02. The first-order valence-electron chi connectivity index (χ1n) is 14.2. The van der Waals surface area contributed by atoms with Crippen LogP contribution in [-0.2, 0) is 18.0 Å². The van der Waals surface area contributed by atoms with Gasteiger partial charge in [-0.3, -0.25) is 0 Å². The molecule has 3 fully saturated rings. The van der Waals surface area contributed by atoms with E-state index in [1.165, 1.54) is 12.1 Å². The summed E-state index contributed by atoms with van der Waals surface area (Å²) in [5.41, 5.74) is 0.217. The largest absolute Gasteiger partial charge is 0.444 e. The Balaban J connectivity index is 1.03. The Hall–Kier alpha value is -2.27. The van der Waals surface area contributed by atoms with Gasteiger partial charge in [0.25, 0.3) is 0 Å². The number of halogens is 3. The molecule has 1 aromatic heterocycles. The van der Waals surface area contributed by atoms with E-state index in [0.717, 1.165) is 74.0 Å². The maximum Gasteiger partial charge on any atom is 0.416 e. The number of nitrogens with zero attached hydrogens (tertiary/aromatic N) is 5. The van der Waals surface area contributed by atoms with Gasteiger partial charge >= 0.3 is 12.3 Å². The van der Waals surface area contributed by atoms with E-state index in [-0.39, 0.29) is 17.4 Å². The highest BCUT2D eigenvalue weighted by Gasteiger charge is 2.57. The van der Waals surface area contributed by atoms with Gasteiger partial charge in [0.05, 0.1) is 5.56 Å². The number of carbonyl (C=O) groups is 1. The summed E-state index contributed by atoms with van der Waals surface area (Å²) in [5.74, 6) is 2.59. The SMILES string of the molecule is Cn1c(SCCCN2CC[C@]3(C[C@@H]3c3ccc(C(F)(F)F)cc3)C2)nnc1C1CCN(C(=O)OC(C)(C)C)CC1. The number of hydrogen-bond acceptors (Lipinski definition) is 6. The molecule has 5 rings (SSSR count). The average molecular weight is 580 g/mol. The van der Waals surface area contributed by atoms with Crippen molar-refractivity contribution in [1.82, 2.24) is 24.6 Å². The topological polar surface area (TPSA) is 63.5 Å². The minimum absolute atomic E-state index is 0.241. The van der Waals surface area contributed by atoms with Crippen molar-refractivity contribution in [3.05, 3.63) is 41.2 Å². The van der Waals surface area contributed by atoms with Crippen LogP contribution in [-0.4, -0.2) is 74.7 Å². The molecule has 0 unspecified atom stereocenters. The number of benzene rings is 1. The predicted molar refractivity (Wildman–Crippen MR) is 148 cm³/mol. The maximum absolute atomic E-state index is 12.9. The molecule has 2 aromatic rings. The fraction of sp³-hybridized carbons (Fsp3) is 0.690. The molecule has 0 bridgehead atoms. The molecule has 2 aliphatic heterocycles.